The van der Waals surface area contributed by atoms with Crippen LogP contribution < -0.4 is 16.4 Å². The second-order valence-electron chi connectivity index (χ2n) is 12.0. The monoisotopic (exact) mass is 833 g/mol. The number of phosphoric ester groups is 3. The van der Waals surface area contributed by atoms with Gasteiger partial charge in [0.05, 0.1) is 26.1 Å². The first-order valence-corrected chi connectivity index (χ1v) is 20.3. The van der Waals surface area contributed by atoms with Crippen LogP contribution in [0.25, 0.3) is 11.2 Å². The van der Waals surface area contributed by atoms with Crippen molar-refractivity contribution in [2.75, 3.05) is 38.6 Å². The quantitative estimate of drug-likeness (QED) is 0.0312. The fourth-order valence-electron chi connectivity index (χ4n) is 4.60. The van der Waals surface area contributed by atoms with Gasteiger partial charge in [0.25, 0.3) is 0 Å². The predicted molar refractivity (Wildman–Crippen MR) is 180 cm³/mol. The summed E-state index contributed by atoms with van der Waals surface area (Å²) in [6.07, 6.45) is -3.86. The van der Waals surface area contributed by atoms with Crippen molar-refractivity contribution in [3.63, 3.8) is 0 Å². The average molecular weight is 834 g/mol. The minimum Gasteiger partial charge on any atom is -0.463 e. The van der Waals surface area contributed by atoms with E-state index in [2.05, 4.69) is 34.4 Å². The summed E-state index contributed by atoms with van der Waals surface area (Å²) in [5.74, 6) is -1.99. The van der Waals surface area contributed by atoms with E-state index in [4.69, 9.17) is 24.3 Å². The van der Waals surface area contributed by atoms with Crippen LogP contribution in [-0.2, 0) is 55.4 Å². The Hall–Kier alpha value is -3.25. The van der Waals surface area contributed by atoms with E-state index < -0.39 is 90.5 Å². The van der Waals surface area contributed by atoms with Crippen molar-refractivity contribution in [3.05, 3.63) is 24.8 Å². The van der Waals surface area contributed by atoms with E-state index in [1.165, 1.54) is 26.0 Å². The molecule has 0 radical (unpaired) electrons. The number of fused-ring (bicyclic) bond motifs is 1. The molecule has 2 aromatic rings. The Morgan fingerprint density at radius 1 is 1.07 bits per heavy atom. The highest BCUT2D eigenvalue weighted by Crippen LogP contribution is 2.61. The van der Waals surface area contributed by atoms with Crippen LogP contribution in [0.4, 0.5) is 5.82 Å². The molecule has 0 aliphatic carbocycles. The SMILES string of the molecule is CCOC(=O)C=CCCNC(=O)CCNC(=O)C(O)C(C)(C)COP(=O)(O)OP(=O)(O)OCC1OC(n2cnc3c(N)ncnc32)C(O)C1OP(=O)(O)O. The van der Waals surface area contributed by atoms with Crippen LogP contribution in [0.2, 0.25) is 0 Å². The van der Waals surface area contributed by atoms with Crippen molar-refractivity contribution in [1.82, 2.24) is 30.2 Å². The maximum Gasteiger partial charge on any atom is 0.481 e. The fraction of sp³-hybridized carbons (Fsp3) is 0.615. The molecule has 25 nitrogen and oxygen atoms in total. The number of amides is 2. The minimum absolute atomic E-state index is 0.0284. The van der Waals surface area contributed by atoms with Gasteiger partial charge in [0, 0.05) is 31.0 Å². The second-order valence-corrected chi connectivity index (χ2v) is 16.2. The molecule has 0 aromatic carbocycles. The zero-order valence-electron chi connectivity index (χ0n) is 28.9. The number of carbonyl (C=O) groups is 3. The number of nitrogen functional groups attached to an aromatic ring is 1. The number of aliphatic hydroxyl groups excluding tert-OH is 2. The van der Waals surface area contributed by atoms with Gasteiger partial charge >= 0.3 is 29.4 Å². The number of esters is 1. The summed E-state index contributed by atoms with van der Waals surface area (Å²) in [7, 11) is -16.4. The molecule has 1 fully saturated rings. The number of phosphoric acid groups is 3. The molecule has 1 aliphatic rings. The lowest BCUT2D eigenvalue weighted by molar-refractivity contribution is -0.137. The molecule has 10 N–H and O–H groups in total. The topological polar surface area (TPSA) is 373 Å². The van der Waals surface area contributed by atoms with Crippen molar-refractivity contribution >= 4 is 58.2 Å². The molecule has 3 heterocycles. The standard InChI is InChI=1S/C26H42N7O18P3/c1-4-46-17(35)7-5-6-9-28-16(34)8-10-29-24(38)21(37)26(2,3)12-48-54(44,45)51-53(42,43)47-11-15-20(50-52(39,40)41)19(36)25(49-15)33-14-32-18-22(27)30-13-31-23(18)33/h5,7,13-15,19-21,25,36-37H,4,6,8-12H2,1-3H3,(H,28,34)(H,29,38)(H,42,43)(H,44,45)(H2,27,30,31)(H2,39,40,41). The van der Waals surface area contributed by atoms with E-state index in [1.54, 1.807) is 6.92 Å². The molecule has 28 heteroatoms. The number of nitrogens with two attached hydrogens (primary N) is 1. The normalized spacial score (nSPS) is 22.1. The summed E-state index contributed by atoms with van der Waals surface area (Å²) in [5.41, 5.74) is 4.25. The van der Waals surface area contributed by atoms with Crippen LogP contribution in [0.5, 0.6) is 0 Å². The second kappa shape index (κ2) is 19.1. The lowest BCUT2D eigenvalue weighted by atomic mass is 9.87. The third kappa shape index (κ3) is 13.5. The fourth-order valence-corrected chi connectivity index (χ4v) is 7.43. The van der Waals surface area contributed by atoms with Crippen LogP contribution in [0, 0.1) is 5.41 Å². The Labute approximate surface area is 306 Å². The number of hydrogen-bond donors (Lipinski definition) is 9. The zero-order chi connectivity index (χ0) is 40.5. The summed E-state index contributed by atoms with van der Waals surface area (Å²) in [4.78, 5) is 86.6. The largest absolute Gasteiger partial charge is 0.481 e. The highest BCUT2D eigenvalue weighted by molar-refractivity contribution is 7.61. The van der Waals surface area contributed by atoms with Crippen molar-refractivity contribution in [3.8, 4) is 0 Å². The van der Waals surface area contributed by atoms with Crippen molar-refractivity contribution < 1.29 is 85.2 Å². The molecular weight excluding hydrogens is 791 g/mol. The average Bonchev–Trinajstić information content (AvgIpc) is 3.62. The molecule has 0 spiro atoms. The number of aliphatic hydroxyl groups is 2. The number of anilines is 1. The van der Waals surface area contributed by atoms with E-state index in [1.807, 2.05) is 0 Å². The number of hydrogen-bond acceptors (Lipinski definition) is 18. The molecule has 54 heavy (non-hydrogen) atoms. The number of nitrogens with zero attached hydrogens (tertiary/aromatic N) is 4. The van der Waals surface area contributed by atoms with Crippen molar-refractivity contribution in [1.29, 1.82) is 0 Å². The molecule has 1 aliphatic heterocycles. The summed E-state index contributed by atoms with van der Waals surface area (Å²) in [6.45, 7) is 2.35. The Morgan fingerprint density at radius 2 is 1.76 bits per heavy atom. The Morgan fingerprint density at radius 3 is 2.43 bits per heavy atom. The Kier molecular flexibility index (Phi) is 15.9. The number of imidazole rings is 1. The first-order valence-electron chi connectivity index (χ1n) is 15.8. The van der Waals surface area contributed by atoms with Gasteiger partial charge in [0.15, 0.2) is 17.7 Å². The van der Waals surface area contributed by atoms with Gasteiger partial charge in [-0.3, -0.25) is 27.7 Å². The number of ether oxygens (including phenoxy) is 2. The molecule has 0 bridgehead atoms. The van der Waals surface area contributed by atoms with Gasteiger partial charge in [-0.05, 0) is 13.3 Å². The Balaban J connectivity index is 1.51. The third-order valence-electron chi connectivity index (χ3n) is 7.25. The molecule has 2 aromatic heterocycles. The van der Waals surface area contributed by atoms with Gasteiger partial charge in [-0.2, -0.15) is 4.31 Å². The number of rotatable bonds is 21. The first-order chi connectivity index (χ1) is 25.1. The van der Waals surface area contributed by atoms with E-state index in [9.17, 15) is 57.9 Å². The summed E-state index contributed by atoms with van der Waals surface area (Å²) in [6, 6.07) is 0. The van der Waals surface area contributed by atoms with Crippen molar-refractivity contribution in [2.45, 2.75) is 64.3 Å². The smallest absolute Gasteiger partial charge is 0.463 e. The number of carbonyl (C=O) groups excluding carboxylic acids is 3. The lowest BCUT2D eigenvalue weighted by Crippen LogP contribution is -2.46. The maximum absolute atomic E-state index is 12.6. The zero-order valence-corrected chi connectivity index (χ0v) is 31.6. The van der Waals surface area contributed by atoms with E-state index in [-0.39, 0.29) is 43.1 Å². The van der Waals surface area contributed by atoms with Crippen molar-refractivity contribution in [2.24, 2.45) is 5.41 Å². The van der Waals surface area contributed by atoms with Crippen LogP contribution >= 0.6 is 23.5 Å². The van der Waals surface area contributed by atoms with E-state index in [0.717, 1.165) is 17.2 Å². The third-order valence-corrected chi connectivity index (χ3v) is 10.4. The molecule has 7 atom stereocenters. The maximum atomic E-state index is 12.6. The van der Waals surface area contributed by atoms with Crippen LogP contribution in [0.15, 0.2) is 24.8 Å². The highest BCUT2D eigenvalue weighted by atomic mass is 31.3. The van der Waals surface area contributed by atoms with Gasteiger partial charge in [-0.25, -0.2) is 33.4 Å². The highest BCUT2D eigenvalue weighted by Gasteiger charge is 2.50. The minimum atomic E-state index is -5.57. The summed E-state index contributed by atoms with van der Waals surface area (Å²) in [5, 5.41) is 26.3. The number of nitrogens with one attached hydrogen (secondary N) is 2. The van der Waals surface area contributed by atoms with Gasteiger partial charge in [0.2, 0.25) is 11.8 Å². The van der Waals surface area contributed by atoms with Crippen LogP contribution in [-0.4, -0.2) is 124 Å². The van der Waals surface area contributed by atoms with Gasteiger partial charge in [-0.15, -0.1) is 0 Å². The van der Waals surface area contributed by atoms with Crippen LogP contribution in [0.1, 0.15) is 39.8 Å². The predicted octanol–water partition coefficient (Wildman–Crippen LogP) is -1.09. The van der Waals surface area contributed by atoms with E-state index >= 15 is 0 Å². The lowest BCUT2D eigenvalue weighted by Gasteiger charge is -2.30. The molecule has 7 unspecified atom stereocenters. The molecule has 2 amide bonds. The van der Waals surface area contributed by atoms with Gasteiger partial charge in [0.1, 0.15) is 36.3 Å². The van der Waals surface area contributed by atoms with Gasteiger partial charge < -0.3 is 55.6 Å². The molecule has 0 saturated carbocycles. The molecule has 1 saturated heterocycles. The van der Waals surface area contributed by atoms with Crippen LogP contribution in [0.3, 0.4) is 0 Å². The van der Waals surface area contributed by atoms with Gasteiger partial charge in [-0.1, -0.05) is 19.9 Å². The molecule has 3 rings (SSSR count). The Bertz CT molecular complexity index is 1800. The van der Waals surface area contributed by atoms with E-state index in [0.29, 0.717) is 6.42 Å². The number of aromatic nitrogens is 4. The molecular formula is C26H42N7O18P3. The summed E-state index contributed by atoms with van der Waals surface area (Å²) < 4.78 is 66.7. The summed E-state index contributed by atoms with van der Waals surface area (Å²) >= 11 is 0. The first kappa shape index (κ1) is 45.1. The molecule has 304 valence electrons.